The number of carbonyl (C=O) groups excluding carboxylic acids is 1. The van der Waals surface area contributed by atoms with Crippen LogP contribution in [0.1, 0.15) is 5.56 Å². The van der Waals surface area contributed by atoms with Crippen LogP contribution in [-0.2, 0) is 22.6 Å². The number of amides is 1. The van der Waals surface area contributed by atoms with Crippen LogP contribution in [0, 0.1) is 5.82 Å². The van der Waals surface area contributed by atoms with Gasteiger partial charge in [-0.1, -0.05) is 0 Å². The molecule has 33 heavy (non-hydrogen) atoms. The number of benzene rings is 1. The molecule has 1 amide bonds. The monoisotopic (exact) mass is 451 g/mol. The molecule has 1 aliphatic rings. The van der Waals surface area contributed by atoms with Gasteiger partial charge in [0, 0.05) is 42.1 Å². The van der Waals surface area contributed by atoms with E-state index >= 15 is 0 Å². The summed E-state index contributed by atoms with van der Waals surface area (Å²) in [5.74, 6) is 0.579. The van der Waals surface area contributed by atoms with Gasteiger partial charge in [-0.3, -0.25) is 14.2 Å². The number of aliphatic hydroxyl groups excluding tert-OH is 1. The SMILES string of the molecule is O=C1COCCN1c1cc(F)cc(Cn2ncc3cnc(Nc4ccn(CCO)n4)cc32)c1. The number of pyridine rings is 1. The Hall–Kier alpha value is -3.83. The van der Waals surface area contributed by atoms with Crippen molar-refractivity contribution in [3.05, 3.63) is 60.3 Å². The number of rotatable bonds is 7. The van der Waals surface area contributed by atoms with Gasteiger partial charge in [0.2, 0.25) is 0 Å². The standard InChI is InChI=1S/C22H22FN7O3/c23-17-7-15(8-18(9-17)29-4-6-33-14-22(29)32)13-30-19-10-21(24-11-16(19)12-25-30)26-20-1-2-28(27-20)3-5-31/h1-2,7-12,31H,3-6,13-14H2,(H,24,26,27). The fourth-order valence-electron chi connectivity index (χ4n) is 3.80. The van der Waals surface area contributed by atoms with E-state index in [1.807, 2.05) is 6.07 Å². The van der Waals surface area contributed by atoms with E-state index in [4.69, 9.17) is 9.84 Å². The fraction of sp³-hybridized carbons (Fsp3) is 0.273. The van der Waals surface area contributed by atoms with Gasteiger partial charge in [-0.15, -0.1) is 0 Å². The number of aromatic nitrogens is 5. The van der Waals surface area contributed by atoms with Crippen molar-refractivity contribution in [1.29, 1.82) is 0 Å². The van der Waals surface area contributed by atoms with E-state index in [0.717, 1.165) is 10.9 Å². The maximum Gasteiger partial charge on any atom is 0.253 e. The summed E-state index contributed by atoms with van der Waals surface area (Å²) in [4.78, 5) is 18.1. The highest BCUT2D eigenvalue weighted by atomic mass is 19.1. The molecule has 0 bridgehead atoms. The number of hydrogen-bond donors (Lipinski definition) is 2. The molecule has 2 N–H and O–H groups in total. The second-order valence-electron chi connectivity index (χ2n) is 7.66. The van der Waals surface area contributed by atoms with Crippen LogP contribution in [0.3, 0.4) is 0 Å². The van der Waals surface area contributed by atoms with Crippen molar-refractivity contribution >= 4 is 34.1 Å². The van der Waals surface area contributed by atoms with Crippen LogP contribution in [0.25, 0.3) is 10.9 Å². The molecule has 1 aromatic carbocycles. The predicted octanol–water partition coefficient (Wildman–Crippen LogP) is 1.91. The number of carbonyl (C=O) groups is 1. The largest absolute Gasteiger partial charge is 0.394 e. The molecule has 1 fully saturated rings. The van der Waals surface area contributed by atoms with Gasteiger partial charge in [-0.05, 0) is 23.8 Å². The van der Waals surface area contributed by atoms with Crippen molar-refractivity contribution in [1.82, 2.24) is 24.5 Å². The second-order valence-corrected chi connectivity index (χ2v) is 7.66. The Labute approximate surface area is 188 Å². The average Bonchev–Trinajstić information content (AvgIpc) is 3.41. The molecule has 0 aliphatic carbocycles. The highest BCUT2D eigenvalue weighted by molar-refractivity contribution is 5.95. The zero-order valence-corrected chi connectivity index (χ0v) is 17.7. The molecule has 170 valence electrons. The first-order valence-electron chi connectivity index (χ1n) is 10.5. The number of ether oxygens (including phenoxy) is 1. The average molecular weight is 451 g/mol. The summed E-state index contributed by atoms with van der Waals surface area (Å²) in [6.45, 7) is 1.54. The van der Waals surface area contributed by atoms with E-state index in [0.29, 0.717) is 49.1 Å². The first-order chi connectivity index (χ1) is 16.1. The summed E-state index contributed by atoms with van der Waals surface area (Å²) in [5, 5.41) is 21.8. The molecule has 4 heterocycles. The summed E-state index contributed by atoms with van der Waals surface area (Å²) in [6, 6.07) is 8.24. The molecular formula is C22H22FN7O3. The van der Waals surface area contributed by atoms with Gasteiger partial charge in [0.05, 0.1) is 38.0 Å². The van der Waals surface area contributed by atoms with Gasteiger partial charge in [0.25, 0.3) is 5.91 Å². The van der Waals surface area contributed by atoms with Crippen molar-refractivity contribution in [2.75, 3.05) is 36.6 Å². The lowest BCUT2D eigenvalue weighted by Gasteiger charge is -2.27. The predicted molar refractivity (Wildman–Crippen MR) is 119 cm³/mol. The normalized spacial score (nSPS) is 14.2. The van der Waals surface area contributed by atoms with Crippen LogP contribution >= 0.6 is 0 Å². The molecule has 0 unspecified atom stereocenters. The van der Waals surface area contributed by atoms with Gasteiger partial charge < -0.3 is 20.1 Å². The minimum atomic E-state index is -0.416. The maximum atomic E-state index is 14.4. The maximum absolute atomic E-state index is 14.4. The number of aliphatic hydroxyl groups is 1. The topological polar surface area (TPSA) is 110 Å². The van der Waals surface area contributed by atoms with E-state index in [-0.39, 0.29) is 19.1 Å². The Morgan fingerprint density at radius 2 is 2.09 bits per heavy atom. The third-order valence-corrected chi connectivity index (χ3v) is 5.32. The van der Waals surface area contributed by atoms with Gasteiger partial charge in [0.15, 0.2) is 5.82 Å². The molecular weight excluding hydrogens is 429 g/mol. The molecule has 0 atom stereocenters. The smallest absolute Gasteiger partial charge is 0.253 e. The summed E-state index contributed by atoms with van der Waals surface area (Å²) in [5.41, 5.74) is 2.01. The molecule has 1 aliphatic heterocycles. The zero-order chi connectivity index (χ0) is 22.8. The second kappa shape index (κ2) is 8.96. The van der Waals surface area contributed by atoms with Crippen molar-refractivity contribution in [2.45, 2.75) is 13.1 Å². The third-order valence-electron chi connectivity index (χ3n) is 5.32. The fourth-order valence-corrected chi connectivity index (χ4v) is 3.80. The van der Waals surface area contributed by atoms with Crippen LogP contribution in [0.5, 0.6) is 0 Å². The van der Waals surface area contributed by atoms with Crippen molar-refractivity contribution in [3.63, 3.8) is 0 Å². The van der Waals surface area contributed by atoms with E-state index in [9.17, 15) is 9.18 Å². The van der Waals surface area contributed by atoms with Crippen molar-refractivity contribution < 1.29 is 19.0 Å². The van der Waals surface area contributed by atoms with Crippen molar-refractivity contribution in [3.8, 4) is 0 Å². The Morgan fingerprint density at radius 1 is 1.18 bits per heavy atom. The van der Waals surface area contributed by atoms with E-state index in [2.05, 4.69) is 20.5 Å². The van der Waals surface area contributed by atoms with Crippen LogP contribution in [0.4, 0.5) is 21.7 Å². The van der Waals surface area contributed by atoms with E-state index < -0.39 is 5.82 Å². The quantitative estimate of drug-likeness (QED) is 0.442. The summed E-state index contributed by atoms with van der Waals surface area (Å²) >= 11 is 0. The zero-order valence-electron chi connectivity index (χ0n) is 17.7. The summed E-state index contributed by atoms with van der Waals surface area (Å²) < 4.78 is 22.9. The van der Waals surface area contributed by atoms with Gasteiger partial charge in [0.1, 0.15) is 18.2 Å². The number of anilines is 3. The Bertz CT molecular complexity index is 1300. The third kappa shape index (κ3) is 4.54. The molecule has 10 nitrogen and oxygen atoms in total. The summed E-state index contributed by atoms with van der Waals surface area (Å²) in [6.07, 6.45) is 5.17. The molecule has 11 heteroatoms. The van der Waals surface area contributed by atoms with Gasteiger partial charge in [-0.25, -0.2) is 9.37 Å². The van der Waals surface area contributed by atoms with Gasteiger partial charge in [-0.2, -0.15) is 10.2 Å². The van der Waals surface area contributed by atoms with Gasteiger partial charge >= 0.3 is 0 Å². The first kappa shape index (κ1) is 21.0. The molecule has 0 radical (unpaired) electrons. The highest BCUT2D eigenvalue weighted by Gasteiger charge is 2.21. The number of morpholine rings is 1. The first-order valence-corrected chi connectivity index (χ1v) is 10.5. The lowest BCUT2D eigenvalue weighted by molar-refractivity contribution is -0.125. The van der Waals surface area contributed by atoms with E-state index in [1.54, 1.807) is 45.0 Å². The summed E-state index contributed by atoms with van der Waals surface area (Å²) in [7, 11) is 0. The lowest BCUT2D eigenvalue weighted by Crippen LogP contribution is -2.41. The molecule has 1 saturated heterocycles. The number of fused-ring (bicyclic) bond motifs is 1. The van der Waals surface area contributed by atoms with E-state index in [1.165, 1.54) is 12.1 Å². The van der Waals surface area contributed by atoms with Crippen LogP contribution in [0.2, 0.25) is 0 Å². The minimum absolute atomic E-state index is 0.00332. The molecule has 0 saturated carbocycles. The minimum Gasteiger partial charge on any atom is -0.394 e. The Balaban J connectivity index is 1.40. The highest BCUT2D eigenvalue weighted by Crippen LogP contribution is 2.23. The molecule has 4 aromatic rings. The van der Waals surface area contributed by atoms with Crippen LogP contribution in [0.15, 0.2) is 48.9 Å². The molecule has 5 rings (SSSR count). The lowest BCUT2D eigenvalue weighted by atomic mass is 10.1. The Kier molecular flexibility index (Phi) is 5.71. The van der Waals surface area contributed by atoms with Crippen molar-refractivity contribution in [2.24, 2.45) is 0 Å². The number of nitrogens with one attached hydrogen (secondary N) is 1. The van der Waals surface area contributed by atoms with Crippen LogP contribution < -0.4 is 10.2 Å². The molecule has 0 spiro atoms. The van der Waals surface area contributed by atoms with Crippen LogP contribution in [-0.4, -0.2) is 61.9 Å². The molecule has 3 aromatic heterocycles. The Morgan fingerprint density at radius 3 is 2.94 bits per heavy atom. The number of halogens is 1. The number of hydrogen-bond acceptors (Lipinski definition) is 7. The number of nitrogens with zero attached hydrogens (tertiary/aromatic N) is 6.